The average molecular weight is 310 g/mol. The van der Waals surface area contributed by atoms with Gasteiger partial charge in [0.1, 0.15) is 12.1 Å². The molecule has 3 rings (SSSR count). The van der Waals surface area contributed by atoms with E-state index in [0.29, 0.717) is 23.1 Å². The van der Waals surface area contributed by atoms with E-state index in [1.54, 1.807) is 54.7 Å². The van der Waals surface area contributed by atoms with Crippen LogP contribution in [0.25, 0.3) is 5.95 Å². The Bertz CT molecular complexity index is 786. The SMILES string of the molecule is COc1cccc(NC(=O)Nc2cnc(-n3ccnc3)nc2)c1. The summed E-state index contributed by atoms with van der Waals surface area (Å²) in [5.41, 5.74) is 1.10. The van der Waals surface area contributed by atoms with E-state index < -0.39 is 6.03 Å². The van der Waals surface area contributed by atoms with Crippen LogP contribution in [-0.2, 0) is 0 Å². The van der Waals surface area contributed by atoms with Gasteiger partial charge in [0, 0.05) is 24.1 Å². The molecule has 0 unspecified atom stereocenters. The van der Waals surface area contributed by atoms with Gasteiger partial charge in [-0.2, -0.15) is 0 Å². The number of methoxy groups -OCH3 is 1. The highest BCUT2D eigenvalue weighted by Crippen LogP contribution is 2.17. The Kier molecular flexibility index (Phi) is 4.14. The smallest absolute Gasteiger partial charge is 0.323 e. The van der Waals surface area contributed by atoms with Crippen molar-refractivity contribution in [1.29, 1.82) is 0 Å². The Morgan fingerprint density at radius 1 is 1.17 bits per heavy atom. The minimum atomic E-state index is -0.391. The molecule has 0 saturated heterocycles. The van der Waals surface area contributed by atoms with Crippen molar-refractivity contribution in [2.45, 2.75) is 0 Å². The number of anilines is 2. The minimum Gasteiger partial charge on any atom is -0.497 e. The van der Waals surface area contributed by atoms with E-state index in [9.17, 15) is 4.79 Å². The van der Waals surface area contributed by atoms with Gasteiger partial charge in [0.2, 0.25) is 5.95 Å². The van der Waals surface area contributed by atoms with Gasteiger partial charge >= 0.3 is 6.03 Å². The summed E-state index contributed by atoms with van der Waals surface area (Å²) in [4.78, 5) is 24.2. The molecular formula is C15H14N6O2. The first-order valence-electron chi connectivity index (χ1n) is 6.77. The molecule has 0 aliphatic heterocycles. The number of imidazole rings is 1. The largest absolute Gasteiger partial charge is 0.497 e. The normalized spacial score (nSPS) is 10.1. The van der Waals surface area contributed by atoms with E-state index in [1.807, 2.05) is 0 Å². The molecule has 0 saturated carbocycles. The number of nitrogens with one attached hydrogen (secondary N) is 2. The van der Waals surface area contributed by atoms with Crippen molar-refractivity contribution in [3.8, 4) is 11.7 Å². The molecule has 8 nitrogen and oxygen atoms in total. The molecule has 0 aliphatic carbocycles. The van der Waals surface area contributed by atoms with E-state index in [0.717, 1.165) is 0 Å². The van der Waals surface area contributed by atoms with E-state index in [4.69, 9.17) is 4.74 Å². The van der Waals surface area contributed by atoms with Crippen LogP contribution in [0.1, 0.15) is 0 Å². The molecule has 0 bridgehead atoms. The van der Waals surface area contributed by atoms with E-state index in [-0.39, 0.29) is 0 Å². The summed E-state index contributed by atoms with van der Waals surface area (Å²) in [7, 11) is 1.57. The highest BCUT2D eigenvalue weighted by atomic mass is 16.5. The van der Waals surface area contributed by atoms with Gasteiger partial charge in [0.15, 0.2) is 0 Å². The molecule has 2 heterocycles. The molecule has 0 fully saturated rings. The van der Waals surface area contributed by atoms with Crippen LogP contribution in [0.15, 0.2) is 55.4 Å². The molecule has 23 heavy (non-hydrogen) atoms. The standard InChI is InChI=1S/C15H14N6O2/c1-23-13-4-2-3-11(7-13)19-15(22)20-12-8-17-14(18-9-12)21-6-5-16-10-21/h2-10H,1H3,(H2,19,20,22). The zero-order chi connectivity index (χ0) is 16.1. The molecule has 1 aromatic carbocycles. The Morgan fingerprint density at radius 2 is 1.96 bits per heavy atom. The van der Waals surface area contributed by atoms with Crippen LogP contribution >= 0.6 is 0 Å². The molecular weight excluding hydrogens is 296 g/mol. The zero-order valence-electron chi connectivity index (χ0n) is 12.3. The number of carbonyl (C=O) groups excluding carboxylic acids is 1. The number of aromatic nitrogens is 4. The molecule has 8 heteroatoms. The van der Waals surface area contributed by atoms with Crippen LogP contribution in [0.3, 0.4) is 0 Å². The van der Waals surface area contributed by atoms with Gasteiger partial charge in [-0.15, -0.1) is 0 Å². The summed E-state index contributed by atoms with van der Waals surface area (Å²) in [5.74, 6) is 1.14. The van der Waals surface area contributed by atoms with Crippen molar-refractivity contribution in [3.05, 3.63) is 55.4 Å². The molecule has 0 atom stereocenters. The summed E-state index contributed by atoms with van der Waals surface area (Å²) in [6.07, 6.45) is 8.01. The molecule has 0 aliphatic rings. The van der Waals surface area contributed by atoms with Gasteiger partial charge in [-0.3, -0.25) is 4.57 Å². The van der Waals surface area contributed by atoms with Crippen LogP contribution in [0, 0.1) is 0 Å². The molecule has 2 aromatic heterocycles. The maximum atomic E-state index is 12.0. The Morgan fingerprint density at radius 3 is 2.65 bits per heavy atom. The van der Waals surface area contributed by atoms with Gasteiger partial charge in [-0.05, 0) is 12.1 Å². The van der Waals surface area contributed by atoms with E-state index >= 15 is 0 Å². The van der Waals surface area contributed by atoms with Crippen molar-refractivity contribution in [2.24, 2.45) is 0 Å². The molecule has 3 aromatic rings. The third kappa shape index (κ3) is 3.62. The van der Waals surface area contributed by atoms with Crippen molar-refractivity contribution in [2.75, 3.05) is 17.7 Å². The fraction of sp³-hybridized carbons (Fsp3) is 0.0667. The first kappa shape index (κ1) is 14.5. The molecule has 2 N–H and O–H groups in total. The summed E-state index contributed by atoms with van der Waals surface area (Å²) in [6.45, 7) is 0. The van der Waals surface area contributed by atoms with Crippen LogP contribution in [0.5, 0.6) is 5.75 Å². The van der Waals surface area contributed by atoms with Crippen molar-refractivity contribution in [1.82, 2.24) is 19.5 Å². The minimum absolute atomic E-state index is 0.391. The highest BCUT2D eigenvalue weighted by Gasteiger charge is 2.05. The van der Waals surface area contributed by atoms with Gasteiger partial charge in [-0.1, -0.05) is 6.07 Å². The lowest BCUT2D eigenvalue weighted by Crippen LogP contribution is -2.19. The summed E-state index contributed by atoms with van der Waals surface area (Å²) in [5, 5.41) is 5.37. The molecule has 0 radical (unpaired) electrons. The number of carbonyl (C=O) groups is 1. The quantitative estimate of drug-likeness (QED) is 0.771. The lowest BCUT2D eigenvalue weighted by atomic mass is 10.3. The Hall–Kier alpha value is -3.42. The molecule has 2 amide bonds. The Balaban J connectivity index is 1.63. The first-order chi connectivity index (χ1) is 11.2. The highest BCUT2D eigenvalue weighted by molar-refractivity contribution is 5.99. The lowest BCUT2D eigenvalue weighted by Gasteiger charge is -2.08. The first-order valence-corrected chi connectivity index (χ1v) is 6.77. The summed E-state index contributed by atoms with van der Waals surface area (Å²) >= 11 is 0. The van der Waals surface area contributed by atoms with E-state index in [2.05, 4.69) is 25.6 Å². The fourth-order valence-electron chi connectivity index (χ4n) is 1.89. The zero-order valence-corrected chi connectivity index (χ0v) is 12.3. The van der Waals surface area contributed by atoms with Gasteiger partial charge in [-0.25, -0.2) is 19.7 Å². The number of amides is 2. The average Bonchev–Trinajstić information content (AvgIpc) is 3.10. The second kappa shape index (κ2) is 6.56. The number of ether oxygens (including phenoxy) is 1. The number of hydrogen-bond donors (Lipinski definition) is 2. The molecule has 116 valence electrons. The third-order valence-electron chi connectivity index (χ3n) is 2.96. The van der Waals surface area contributed by atoms with Crippen LogP contribution in [-0.4, -0.2) is 32.7 Å². The number of nitrogens with zero attached hydrogens (tertiary/aromatic N) is 4. The van der Waals surface area contributed by atoms with Crippen molar-refractivity contribution < 1.29 is 9.53 Å². The van der Waals surface area contributed by atoms with Gasteiger partial charge < -0.3 is 15.4 Å². The maximum Gasteiger partial charge on any atom is 0.323 e. The predicted molar refractivity (Wildman–Crippen MR) is 84.8 cm³/mol. The topological polar surface area (TPSA) is 94.0 Å². The van der Waals surface area contributed by atoms with Crippen molar-refractivity contribution >= 4 is 17.4 Å². The number of urea groups is 1. The van der Waals surface area contributed by atoms with Crippen molar-refractivity contribution in [3.63, 3.8) is 0 Å². The monoisotopic (exact) mass is 310 g/mol. The maximum absolute atomic E-state index is 12.0. The second-order valence-corrected chi connectivity index (χ2v) is 4.55. The molecule has 0 spiro atoms. The third-order valence-corrected chi connectivity index (χ3v) is 2.96. The lowest BCUT2D eigenvalue weighted by molar-refractivity contribution is 0.262. The predicted octanol–water partition coefficient (Wildman–Crippen LogP) is 2.31. The van der Waals surface area contributed by atoms with Crippen LogP contribution in [0.2, 0.25) is 0 Å². The Labute approximate surface area is 132 Å². The number of benzene rings is 1. The second-order valence-electron chi connectivity index (χ2n) is 4.55. The fourth-order valence-corrected chi connectivity index (χ4v) is 1.89. The summed E-state index contributed by atoms with van der Waals surface area (Å²) < 4.78 is 6.77. The van der Waals surface area contributed by atoms with Crippen LogP contribution < -0.4 is 15.4 Å². The number of rotatable bonds is 4. The van der Waals surface area contributed by atoms with Gasteiger partial charge in [0.05, 0.1) is 25.2 Å². The van der Waals surface area contributed by atoms with Gasteiger partial charge in [0.25, 0.3) is 0 Å². The summed E-state index contributed by atoms with van der Waals surface area (Å²) in [6, 6.07) is 6.68. The number of hydrogen-bond acceptors (Lipinski definition) is 5. The van der Waals surface area contributed by atoms with E-state index in [1.165, 1.54) is 12.4 Å². The van der Waals surface area contributed by atoms with Crippen LogP contribution in [0.4, 0.5) is 16.2 Å².